The van der Waals surface area contributed by atoms with E-state index >= 15 is 0 Å². The van der Waals surface area contributed by atoms with E-state index in [4.69, 9.17) is 5.26 Å². The average Bonchev–Trinajstić information content (AvgIpc) is 2.38. The Labute approximate surface area is 122 Å². The standard InChI is InChI=1S/C13H10BrF3N2O/c1-2-7-19(12(20)13(15,16)17)11(8-18)9-3-5-10(14)6-4-9/h2-6,11H,1,7H2. The number of amides is 1. The zero-order valence-corrected chi connectivity index (χ0v) is 11.8. The molecule has 1 rings (SSSR count). The van der Waals surface area contributed by atoms with Crippen LogP contribution in [0.15, 0.2) is 41.4 Å². The fraction of sp³-hybridized carbons (Fsp3) is 0.231. The Hall–Kier alpha value is -1.81. The van der Waals surface area contributed by atoms with Gasteiger partial charge in [0.25, 0.3) is 0 Å². The molecule has 1 unspecified atom stereocenters. The van der Waals surface area contributed by atoms with Gasteiger partial charge in [-0.3, -0.25) is 4.79 Å². The second kappa shape index (κ2) is 6.57. The molecule has 0 bridgehead atoms. The first-order valence-electron chi connectivity index (χ1n) is 5.45. The number of carbonyl (C=O) groups excluding carboxylic acids is 1. The zero-order valence-electron chi connectivity index (χ0n) is 10.2. The summed E-state index contributed by atoms with van der Waals surface area (Å²) >= 11 is 3.19. The Kier molecular flexibility index (Phi) is 5.34. The van der Waals surface area contributed by atoms with Crippen LogP contribution in [0.3, 0.4) is 0 Å². The van der Waals surface area contributed by atoms with Crippen molar-refractivity contribution in [1.82, 2.24) is 4.90 Å². The summed E-state index contributed by atoms with van der Waals surface area (Å²) in [5.41, 5.74) is 0.301. The maximum atomic E-state index is 12.6. The molecule has 1 atom stereocenters. The van der Waals surface area contributed by atoms with Crippen molar-refractivity contribution in [2.24, 2.45) is 0 Å². The van der Waals surface area contributed by atoms with Gasteiger partial charge in [0.2, 0.25) is 0 Å². The highest BCUT2D eigenvalue weighted by Crippen LogP contribution is 2.27. The Morgan fingerprint density at radius 3 is 2.40 bits per heavy atom. The summed E-state index contributed by atoms with van der Waals surface area (Å²) in [5.74, 6) is -2.06. The summed E-state index contributed by atoms with van der Waals surface area (Å²) < 4.78 is 38.4. The maximum absolute atomic E-state index is 12.6. The molecule has 0 heterocycles. The Morgan fingerprint density at radius 1 is 1.45 bits per heavy atom. The van der Waals surface area contributed by atoms with E-state index in [1.54, 1.807) is 18.2 Å². The number of alkyl halides is 3. The molecule has 3 nitrogen and oxygen atoms in total. The van der Waals surface area contributed by atoms with Crippen molar-refractivity contribution in [2.75, 3.05) is 6.54 Å². The highest BCUT2D eigenvalue weighted by molar-refractivity contribution is 9.10. The molecule has 0 aromatic heterocycles. The van der Waals surface area contributed by atoms with Gasteiger partial charge in [-0.15, -0.1) is 6.58 Å². The van der Waals surface area contributed by atoms with Crippen LogP contribution < -0.4 is 0 Å². The summed E-state index contributed by atoms with van der Waals surface area (Å²) in [6, 6.07) is 6.54. The smallest absolute Gasteiger partial charge is 0.311 e. The van der Waals surface area contributed by atoms with Gasteiger partial charge in [-0.25, -0.2) is 0 Å². The van der Waals surface area contributed by atoms with E-state index in [1.165, 1.54) is 12.1 Å². The normalized spacial score (nSPS) is 12.3. The van der Waals surface area contributed by atoms with Crippen molar-refractivity contribution < 1.29 is 18.0 Å². The third kappa shape index (κ3) is 3.84. The molecule has 7 heteroatoms. The SMILES string of the molecule is C=CCN(C(=O)C(F)(F)F)C(C#N)c1ccc(Br)cc1. The molecule has 106 valence electrons. The fourth-order valence-electron chi connectivity index (χ4n) is 1.58. The van der Waals surface area contributed by atoms with Crippen molar-refractivity contribution in [2.45, 2.75) is 12.2 Å². The van der Waals surface area contributed by atoms with Crippen LogP contribution in [-0.4, -0.2) is 23.5 Å². The number of hydrogen-bond acceptors (Lipinski definition) is 2. The van der Waals surface area contributed by atoms with Crippen LogP contribution in [0, 0.1) is 11.3 Å². The molecule has 0 aliphatic carbocycles. The van der Waals surface area contributed by atoms with Gasteiger partial charge in [-0.1, -0.05) is 34.1 Å². The minimum Gasteiger partial charge on any atom is -0.311 e. The van der Waals surface area contributed by atoms with Gasteiger partial charge in [0.15, 0.2) is 0 Å². The van der Waals surface area contributed by atoms with Crippen molar-refractivity contribution in [1.29, 1.82) is 5.26 Å². The Balaban J connectivity index is 3.17. The molecule has 0 radical (unpaired) electrons. The minimum atomic E-state index is -5.03. The van der Waals surface area contributed by atoms with Crippen LogP contribution in [0.4, 0.5) is 13.2 Å². The van der Waals surface area contributed by atoms with Crippen molar-refractivity contribution in [3.05, 3.63) is 47.0 Å². The number of halogens is 4. The lowest BCUT2D eigenvalue weighted by atomic mass is 10.1. The van der Waals surface area contributed by atoms with Crippen molar-refractivity contribution in [3.8, 4) is 6.07 Å². The number of rotatable bonds is 4. The van der Waals surface area contributed by atoms with E-state index in [0.717, 1.165) is 10.5 Å². The second-order valence-electron chi connectivity index (χ2n) is 3.83. The molecule has 0 saturated heterocycles. The third-order valence-corrected chi connectivity index (χ3v) is 2.98. The van der Waals surface area contributed by atoms with Gasteiger partial charge in [0.1, 0.15) is 6.04 Å². The van der Waals surface area contributed by atoms with Crippen LogP contribution in [-0.2, 0) is 4.79 Å². The molecule has 0 aliphatic heterocycles. The summed E-state index contributed by atoms with van der Waals surface area (Å²) in [6.45, 7) is 2.94. The van der Waals surface area contributed by atoms with E-state index in [-0.39, 0.29) is 6.54 Å². The van der Waals surface area contributed by atoms with E-state index in [2.05, 4.69) is 22.5 Å². The lowest BCUT2D eigenvalue weighted by Crippen LogP contribution is -2.43. The minimum absolute atomic E-state index is 0.301. The lowest BCUT2D eigenvalue weighted by molar-refractivity contribution is -0.186. The number of benzene rings is 1. The topological polar surface area (TPSA) is 44.1 Å². The van der Waals surface area contributed by atoms with E-state index < -0.39 is 18.1 Å². The van der Waals surface area contributed by atoms with E-state index in [0.29, 0.717) is 10.5 Å². The summed E-state index contributed by atoms with van der Waals surface area (Å²) in [4.78, 5) is 11.8. The largest absolute Gasteiger partial charge is 0.471 e. The average molecular weight is 347 g/mol. The molecular weight excluding hydrogens is 337 g/mol. The van der Waals surface area contributed by atoms with Crippen LogP contribution in [0.25, 0.3) is 0 Å². The second-order valence-corrected chi connectivity index (χ2v) is 4.74. The molecule has 0 fully saturated rings. The van der Waals surface area contributed by atoms with E-state index in [1.807, 2.05) is 0 Å². The quantitative estimate of drug-likeness (QED) is 0.782. The highest BCUT2D eigenvalue weighted by atomic mass is 79.9. The summed E-state index contributed by atoms with van der Waals surface area (Å²) in [5, 5.41) is 9.10. The van der Waals surface area contributed by atoms with E-state index in [9.17, 15) is 18.0 Å². The molecule has 0 spiro atoms. The van der Waals surface area contributed by atoms with Gasteiger partial charge >= 0.3 is 12.1 Å². The third-order valence-electron chi connectivity index (χ3n) is 2.45. The van der Waals surface area contributed by atoms with Gasteiger partial charge in [0, 0.05) is 11.0 Å². The summed E-state index contributed by atoms with van der Waals surface area (Å²) in [7, 11) is 0. The molecule has 0 N–H and O–H groups in total. The number of nitrogens with zero attached hydrogens (tertiary/aromatic N) is 2. The molecule has 0 saturated carbocycles. The van der Waals surface area contributed by atoms with Crippen LogP contribution >= 0.6 is 15.9 Å². The number of carbonyl (C=O) groups is 1. The predicted molar refractivity (Wildman–Crippen MR) is 70.5 cm³/mol. The first kappa shape index (κ1) is 16.2. The first-order valence-corrected chi connectivity index (χ1v) is 6.24. The number of hydrogen-bond donors (Lipinski definition) is 0. The lowest BCUT2D eigenvalue weighted by Gasteiger charge is -2.27. The van der Waals surface area contributed by atoms with Crippen molar-refractivity contribution >= 4 is 21.8 Å². The van der Waals surface area contributed by atoms with Gasteiger partial charge in [-0.05, 0) is 17.7 Å². The van der Waals surface area contributed by atoms with Gasteiger partial charge in [0.05, 0.1) is 6.07 Å². The van der Waals surface area contributed by atoms with Crippen LogP contribution in [0.2, 0.25) is 0 Å². The Morgan fingerprint density at radius 2 is 2.00 bits per heavy atom. The maximum Gasteiger partial charge on any atom is 0.471 e. The van der Waals surface area contributed by atoms with Crippen LogP contribution in [0.5, 0.6) is 0 Å². The molecular formula is C13H10BrF3N2O. The first-order chi connectivity index (χ1) is 9.31. The zero-order chi connectivity index (χ0) is 15.3. The molecule has 1 amide bonds. The fourth-order valence-corrected chi connectivity index (χ4v) is 1.84. The monoisotopic (exact) mass is 346 g/mol. The molecule has 1 aromatic carbocycles. The highest BCUT2D eigenvalue weighted by Gasteiger charge is 2.44. The Bertz CT molecular complexity index is 534. The number of nitriles is 1. The van der Waals surface area contributed by atoms with Gasteiger partial charge in [-0.2, -0.15) is 18.4 Å². The molecule has 20 heavy (non-hydrogen) atoms. The summed E-state index contributed by atoms with van der Waals surface area (Å²) in [6.07, 6.45) is -3.89. The molecule has 0 aliphatic rings. The van der Waals surface area contributed by atoms with Crippen LogP contribution in [0.1, 0.15) is 11.6 Å². The molecule has 1 aromatic rings. The van der Waals surface area contributed by atoms with Gasteiger partial charge < -0.3 is 4.90 Å². The van der Waals surface area contributed by atoms with Crippen molar-refractivity contribution in [3.63, 3.8) is 0 Å². The predicted octanol–water partition coefficient (Wildman–Crippen LogP) is 3.59.